The van der Waals surface area contributed by atoms with E-state index >= 15 is 0 Å². The lowest BCUT2D eigenvalue weighted by molar-refractivity contribution is 0.102. The molecule has 0 saturated heterocycles. The lowest BCUT2D eigenvalue weighted by Gasteiger charge is -2.11. The fraction of sp³-hybridized carbons (Fsp3) is 0.143. The Morgan fingerprint density at radius 3 is 2.86 bits per heavy atom. The van der Waals surface area contributed by atoms with Crippen molar-refractivity contribution >= 4 is 44.8 Å². The van der Waals surface area contributed by atoms with Crippen molar-refractivity contribution in [3.05, 3.63) is 71.1 Å². The standard InChI is InChI=1S/C21H18FN3O2S2/c1-25-11-10-23-21(25)29-16-8-4-3-7-15(16)24-20(26)19-13(12-27-2)18-14(22)6-5-9-17(18)28-19/h3-11H,12H2,1-2H3,(H,24,26). The molecule has 0 saturated carbocycles. The summed E-state index contributed by atoms with van der Waals surface area (Å²) in [5, 5.41) is 4.23. The van der Waals surface area contributed by atoms with Gasteiger partial charge >= 0.3 is 0 Å². The molecule has 0 bridgehead atoms. The second-order valence-corrected chi connectivity index (χ2v) is 8.39. The maximum Gasteiger partial charge on any atom is 0.266 e. The molecule has 0 aliphatic carbocycles. The molecule has 4 rings (SSSR count). The molecule has 5 nitrogen and oxygen atoms in total. The quantitative estimate of drug-likeness (QED) is 0.452. The average Bonchev–Trinajstić information content (AvgIpc) is 3.28. The smallest absolute Gasteiger partial charge is 0.266 e. The van der Waals surface area contributed by atoms with E-state index in [1.54, 1.807) is 12.3 Å². The van der Waals surface area contributed by atoms with Crippen molar-refractivity contribution in [2.24, 2.45) is 7.05 Å². The summed E-state index contributed by atoms with van der Waals surface area (Å²) in [4.78, 5) is 18.7. The van der Waals surface area contributed by atoms with Crippen LogP contribution in [0.5, 0.6) is 0 Å². The van der Waals surface area contributed by atoms with Crippen molar-refractivity contribution in [2.75, 3.05) is 12.4 Å². The van der Waals surface area contributed by atoms with Gasteiger partial charge in [0.05, 0.1) is 17.2 Å². The number of benzene rings is 2. The van der Waals surface area contributed by atoms with Crippen LogP contribution in [0.2, 0.25) is 0 Å². The van der Waals surface area contributed by atoms with Gasteiger partial charge in [-0.25, -0.2) is 9.37 Å². The Balaban J connectivity index is 1.68. The number of aromatic nitrogens is 2. The molecule has 4 aromatic rings. The van der Waals surface area contributed by atoms with E-state index in [2.05, 4.69) is 10.3 Å². The number of hydrogen-bond donors (Lipinski definition) is 1. The number of carbonyl (C=O) groups is 1. The normalized spacial score (nSPS) is 11.1. The van der Waals surface area contributed by atoms with Gasteiger partial charge in [0.25, 0.3) is 5.91 Å². The molecule has 0 radical (unpaired) electrons. The van der Waals surface area contributed by atoms with Crippen molar-refractivity contribution < 1.29 is 13.9 Å². The summed E-state index contributed by atoms with van der Waals surface area (Å²) in [7, 11) is 3.45. The van der Waals surface area contributed by atoms with Gasteiger partial charge in [-0.05, 0) is 36.0 Å². The molecule has 2 aromatic carbocycles. The number of hydrogen-bond acceptors (Lipinski definition) is 5. The van der Waals surface area contributed by atoms with Crippen LogP contribution < -0.4 is 5.32 Å². The summed E-state index contributed by atoms with van der Waals surface area (Å²) in [5.41, 5.74) is 1.24. The zero-order chi connectivity index (χ0) is 20.4. The monoisotopic (exact) mass is 427 g/mol. The first-order valence-electron chi connectivity index (χ1n) is 8.83. The number of thiophene rings is 1. The molecule has 1 amide bonds. The Kier molecular flexibility index (Phi) is 5.66. The minimum Gasteiger partial charge on any atom is -0.380 e. The SMILES string of the molecule is COCc1c(C(=O)Nc2ccccc2Sc2nccn2C)sc2cccc(F)c12. The number of fused-ring (bicyclic) bond motifs is 1. The molecular weight excluding hydrogens is 409 g/mol. The molecule has 0 spiro atoms. The van der Waals surface area contributed by atoms with Gasteiger partial charge in [0.1, 0.15) is 5.82 Å². The van der Waals surface area contributed by atoms with E-state index in [9.17, 15) is 9.18 Å². The predicted molar refractivity (Wildman–Crippen MR) is 114 cm³/mol. The number of nitrogens with one attached hydrogen (secondary N) is 1. The largest absolute Gasteiger partial charge is 0.380 e. The van der Waals surface area contributed by atoms with Gasteiger partial charge in [-0.1, -0.05) is 18.2 Å². The third-order valence-corrected chi connectivity index (χ3v) is 6.72. The third-order valence-electron chi connectivity index (χ3n) is 4.37. The number of nitrogens with zero attached hydrogens (tertiary/aromatic N) is 2. The summed E-state index contributed by atoms with van der Waals surface area (Å²) in [6.07, 6.45) is 3.60. The highest BCUT2D eigenvalue weighted by molar-refractivity contribution is 7.99. The number of halogens is 1. The van der Waals surface area contributed by atoms with Gasteiger partial charge in [-0.2, -0.15) is 0 Å². The van der Waals surface area contributed by atoms with Crippen LogP contribution in [0, 0.1) is 5.82 Å². The highest BCUT2D eigenvalue weighted by Crippen LogP contribution is 2.36. The van der Waals surface area contributed by atoms with Gasteiger partial charge in [-0.15, -0.1) is 11.3 Å². The third kappa shape index (κ3) is 3.91. The Morgan fingerprint density at radius 1 is 1.28 bits per heavy atom. The first-order valence-corrected chi connectivity index (χ1v) is 10.5. The fourth-order valence-corrected chi connectivity index (χ4v) is 5.03. The van der Waals surface area contributed by atoms with Crippen molar-refractivity contribution in [1.82, 2.24) is 9.55 Å². The molecule has 0 atom stereocenters. The molecule has 8 heteroatoms. The Hall–Kier alpha value is -2.68. The Morgan fingerprint density at radius 2 is 2.10 bits per heavy atom. The van der Waals surface area contributed by atoms with Crippen LogP contribution in [0.25, 0.3) is 10.1 Å². The lowest BCUT2D eigenvalue weighted by atomic mass is 10.1. The molecular formula is C21H18FN3O2S2. The van der Waals surface area contributed by atoms with Crippen LogP contribution in [0.1, 0.15) is 15.2 Å². The number of imidazole rings is 1. The number of amides is 1. The molecule has 2 heterocycles. The molecule has 0 fully saturated rings. The van der Waals surface area contributed by atoms with E-state index in [0.717, 1.165) is 14.8 Å². The number of para-hydroxylation sites is 1. The molecule has 2 aromatic heterocycles. The van der Waals surface area contributed by atoms with E-state index in [-0.39, 0.29) is 18.3 Å². The summed E-state index contributed by atoms with van der Waals surface area (Å²) in [6.45, 7) is 0.160. The van der Waals surface area contributed by atoms with Crippen LogP contribution in [0.15, 0.2) is 64.9 Å². The second-order valence-electron chi connectivity index (χ2n) is 6.33. The van der Waals surface area contributed by atoms with Gasteiger partial charge in [0, 0.05) is 47.1 Å². The summed E-state index contributed by atoms with van der Waals surface area (Å²) in [5.74, 6) is -0.638. The maximum absolute atomic E-state index is 14.4. The first kappa shape index (κ1) is 19.6. The van der Waals surface area contributed by atoms with E-state index in [1.165, 1.54) is 36.3 Å². The molecule has 0 aliphatic heterocycles. The number of anilines is 1. The predicted octanol–water partition coefficient (Wildman–Crippen LogP) is 5.32. The zero-order valence-electron chi connectivity index (χ0n) is 15.8. The highest BCUT2D eigenvalue weighted by Gasteiger charge is 2.21. The first-order chi connectivity index (χ1) is 14.1. The number of rotatable bonds is 6. The number of methoxy groups -OCH3 is 1. The Labute approximate surface area is 175 Å². The lowest BCUT2D eigenvalue weighted by Crippen LogP contribution is -2.13. The zero-order valence-corrected chi connectivity index (χ0v) is 17.4. The minimum absolute atomic E-state index is 0.160. The van der Waals surface area contributed by atoms with E-state index in [4.69, 9.17) is 4.74 Å². The Bertz CT molecular complexity index is 1190. The van der Waals surface area contributed by atoms with Crippen LogP contribution in [0.3, 0.4) is 0 Å². The van der Waals surface area contributed by atoms with Crippen molar-refractivity contribution in [3.8, 4) is 0 Å². The van der Waals surface area contributed by atoms with Crippen LogP contribution >= 0.6 is 23.1 Å². The molecule has 0 unspecified atom stereocenters. The molecule has 0 aliphatic rings. The van der Waals surface area contributed by atoms with E-state index in [1.807, 2.05) is 48.1 Å². The van der Waals surface area contributed by atoms with Gasteiger partial charge < -0.3 is 14.6 Å². The maximum atomic E-state index is 14.4. The summed E-state index contributed by atoms with van der Waals surface area (Å²) >= 11 is 2.73. The van der Waals surface area contributed by atoms with Gasteiger partial charge in [0.15, 0.2) is 5.16 Å². The van der Waals surface area contributed by atoms with E-state index < -0.39 is 0 Å². The average molecular weight is 428 g/mol. The van der Waals surface area contributed by atoms with Crippen LogP contribution in [0.4, 0.5) is 10.1 Å². The second kappa shape index (κ2) is 8.36. The van der Waals surface area contributed by atoms with Crippen LogP contribution in [-0.4, -0.2) is 22.6 Å². The minimum atomic E-state index is -0.351. The fourth-order valence-electron chi connectivity index (χ4n) is 3.02. The van der Waals surface area contributed by atoms with E-state index in [0.29, 0.717) is 21.5 Å². The number of aryl methyl sites for hydroxylation is 1. The van der Waals surface area contributed by atoms with Crippen molar-refractivity contribution in [2.45, 2.75) is 16.7 Å². The molecule has 29 heavy (non-hydrogen) atoms. The molecule has 1 N–H and O–H groups in total. The van der Waals surface area contributed by atoms with Gasteiger partial charge in [0.2, 0.25) is 0 Å². The number of carbonyl (C=O) groups excluding carboxylic acids is 1. The topological polar surface area (TPSA) is 56.1 Å². The number of ether oxygens (including phenoxy) is 1. The highest BCUT2D eigenvalue weighted by atomic mass is 32.2. The summed E-state index contributed by atoms with van der Waals surface area (Å²) < 4.78 is 22.3. The van der Waals surface area contributed by atoms with Crippen molar-refractivity contribution in [1.29, 1.82) is 0 Å². The van der Waals surface area contributed by atoms with Crippen LogP contribution in [-0.2, 0) is 18.4 Å². The van der Waals surface area contributed by atoms with Gasteiger partial charge in [-0.3, -0.25) is 4.79 Å². The van der Waals surface area contributed by atoms with Crippen molar-refractivity contribution in [3.63, 3.8) is 0 Å². The molecule has 148 valence electrons. The summed E-state index contributed by atoms with van der Waals surface area (Å²) in [6, 6.07) is 12.4.